The monoisotopic (exact) mass is 538 g/mol. The van der Waals surface area contributed by atoms with Crippen molar-refractivity contribution in [1.29, 1.82) is 0 Å². The van der Waals surface area contributed by atoms with Crippen molar-refractivity contribution in [2.75, 3.05) is 6.61 Å². The van der Waals surface area contributed by atoms with E-state index in [9.17, 15) is 19.2 Å². The molecule has 0 spiro atoms. The lowest BCUT2D eigenvalue weighted by molar-refractivity contribution is -0.148. The minimum absolute atomic E-state index is 0.0329. The molecule has 0 aliphatic carbocycles. The van der Waals surface area contributed by atoms with Gasteiger partial charge in [0.1, 0.15) is 12.1 Å². The van der Waals surface area contributed by atoms with E-state index in [4.69, 9.17) is 9.84 Å². The Morgan fingerprint density at radius 3 is 1.53 bits per heavy atom. The van der Waals surface area contributed by atoms with E-state index in [2.05, 4.69) is 24.5 Å². The molecule has 2 rings (SSSR count). The van der Waals surface area contributed by atoms with Gasteiger partial charge in [-0.1, -0.05) is 104 Å². The average Bonchev–Trinajstić information content (AvgIpc) is 3.54. The van der Waals surface area contributed by atoms with E-state index in [1.165, 1.54) is 89.9 Å². The van der Waals surface area contributed by atoms with Crippen molar-refractivity contribution in [2.45, 2.75) is 154 Å². The van der Waals surface area contributed by atoms with E-state index in [0.717, 1.165) is 12.8 Å². The van der Waals surface area contributed by atoms with Crippen molar-refractivity contribution in [3.05, 3.63) is 0 Å². The van der Waals surface area contributed by atoms with Crippen molar-refractivity contribution in [3.8, 4) is 0 Å². The van der Waals surface area contributed by atoms with Gasteiger partial charge in [0.05, 0.1) is 6.61 Å². The molecule has 0 aromatic heterocycles. The summed E-state index contributed by atoms with van der Waals surface area (Å²) >= 11 is 0. The quantitative estimate of drug-likeness (QED) is 0.128. The third-order valence-corrected chi connectivity index (χ3v) is 7.47. The molecule has 0 radical (unpaired) electrons. The average molecular weight is 539 g/mol. The zero-order valence-corrected chi connectivity index (χ0v) is 24.1. The van der Waals surface area contributed by atoms with E-state index >= 15 is 0 Å². The van der Waals surface area contributed by atoms with Gasteiger partial charge in [0.25, 0.3) is 0 Å². The summed E-state index contributed by atoms with van der Waals surface area (Å²) in [7, 11) is 0. The second kappa shape index (κ2) is 21.8. The Hall–Kier alpha value is -2.12. The number of amides is 2. The van der Waals surface area contributed by atoms with Gasteiger partial charge in [0, 0.05) is 12.8 Å². The predicted molar refractivity (Wildman–Crippen MR) is 150 cm³/mol. The first-order chi connectivity index (χ1) is 18.4. The Balaban J connectivity index is 0.000000671. The second-order valence-corrected chi connectivity index (χ2v) is 11.0. The minimum atomic E-state index is -0.944. The van der Waals surface area contributed by atoms with E-state index in [0.29, 0.717) is 38.2 Å². The normalized spacial score (nSPS) is 19.3. The maximum absolute atomic E-state index is 12.2. The van der Waals surface area contributed by atoms with Crippen LogP contribution in [-0.2, 0) is 23.9 Å². The van der Waals surface area contributed by atoms with Crippen molar-refractivity contribution in [2.24, 2.45) is 5.92 Å². The summed E-state index contributed by atoms with van der Waals surface area (Å²) in [6.07, 6.45) is 22.6. The molecule has 220 valence electrons. The summed E-state index contributed by atoms with van der Waals surface area (Å²) in [6.45, 7) is 5.04. The summed E-state index contributed by atoms with van der Waals surface area (Å²) in [5, 5.41) is 13.3. The molecule has 2 aliphatic rings. The molecule has 38 heavy (non-hydrogen) atoms. The Kier molecular flexibility index (Phi) is 19.4. The topological polar surface area (TPSA) is 122 Å². The number of esters is 1. The first-order valence-corrected chi connectivity index (χ1v) is 15.4. The number of unbranched alkanes of at least 4 members (excludes halogenated alkanes) is 12. The number of ether oxygens (including phenoxy) is 1. The van der Waals surface area contributed by atoms with Crippen LogP contribution in [0.15, 0.2) is 0 Å². The van der Waals surface area contributed by atoms with Gasteiger partial charge >= 0.3 is 11.9 Å². The molecular formula is C30H54N2O6. The lowest BCUT2D eigenvalue weighted by atomic mass is 9.94. The van der Waals surface area contributed by atoms with E-state index in [-0.39, 0.29) is 17.8 Å². The molecule has 8 nitrogen and oxygen atoms in total. The molecule has 0 aromatic carbocycles. The van der Waals surface area contributed by atoms with Crippen LogP contribution in [0.2, 0.25) is 0 Å². The molecular weight excluding hydrogens is 484 g/mol. The van der Waals surface area contributed by atoms with E-state index in [1.54, 1.807) is 0 Å². The van der Waals surface area contributed by atoms with Crippen LogP contribution < -0.4 is 10.6 Å². The second-order valence-electron chi connectivity index (χ2n) is 11.0. The number of carbonyl (C=O) groups is 4. The minimum Gasteiger partial charge on any atom is -0.480 e. The Morgan fingerprint density at radius 2 is 1.16 bits per heavy atom. The van der Waals surface area contributed by atoms with Crippen LogP contribution >= 0.6 is 0 Å². The Labute approximate surface area is 230 Å². The molecule has 0 aromatic rings. The van der Waals surface area contributed by atoms with Crippen molar-refractivity contribution >= 4 is 23.8 Å². The SMILES string of the molecule is CCCCCCCCCCC(CCCCCCCC)COC(=O)[C@@H]1CCC(=O)N1.O=C1CC[C@@H](C(=O)O)N1. The third-order valence-electron chi connectivity index (χ3n) is 7.47. The van der Waals surface area contributed by atoms with Crippen LogP contribution in [0.3, 0.4) is 0 Å². The van der Waals surface area contributed by atoms with Crippen LogP contribution in [0.4, 0.5) is 0 Å². The van der Waals surface area contributed by atoms with Gasteiger partial charge in [0.2, 0.25) is 11.8 Å². The predicted octanol–water partition coefficient (Wildman–Crippen LogP) is 6.06. The largest absolute Gasteiger partial charge is 0.480 e. The van der Waals surface area contributed by atoms with Crippen LogP contribution in [0.1, 0.15) is 142 Å². The molecule has 2 amide bonds. The first-order valence-electron chi connectivity index (χ1n) is 15.4. The molecule has 0 bridgehead atoms. The standard InChI is InChI=1S/C25H47NO3.C5H7NO3/c1-3-5-7-9-11-12-14-16-18-22(17-15-13-10-8-6-4-2)21-29-25(28)23-19-20-24(27)26-23;7-4-2-1-3(6-4)5(8)9/h22-23H,3-21H2,1-2H3,(H,26,27);3H,1-2H2,(H,6,7)(H,8,9)/t22?,23-;3-/m00/s1. The molecule has 8 heteroatoms. The molecule has 2 aliphatic heterocycles. The van der Waals surface area contributed by atoms with Crippen molar-refractivity contribution in [1.82, 2.24) is 10.6 Å². The van der Waals surface area contributed by atoms with Gasteiger partial charge in [-0.15, -0.1) is 0 Å². The van der Waals surface area contributed by atoms with Gasteiger partial charge in [-0.3, -0.25) is 9.59 Å². The summed E-state index contributed by atoms with van der Waals surface area (Å²) in [5.41, 5.74) is 0. The highest BCUT2D eigenvalue weighted by molar-refractivity contribution is 5.88. The fraction of sp³-hybridized carbons (Fsp3) is 0.867. The van der Waals surface area contributed by atoms with E-state index in [1.807, 2.05) is 0 Å². The van der Waals surface area contributed by atoms with Gasteiger partial charge in [0.15, 0.2) is 0 Å². The lowest BCUT2D eigenvalue weighted by Crippen LogP contribution is -2.35. The van der Waals surface area contributed by atoms with Crippen molar-refractivity contribution in [3.63, 3.8) is 0 Å². The fourth-order valence-electron chi connectivity index (χ4n) is 4.98. The van der Waals surface area contributed by atoms with Gasteiger partial charge < -0.3 is 20.5 Å². The Morgan fingerprint density at radius 1 is 0.737 bits per heavy atom. The zero-order chi connectivity index (χ0) is 28.0. The highest BCUT2D eigenvalue weighted by Gasteiger charge is 2.29. The summed E-state index contributed by atoms with van der Waals surface area (Å²) in [6, 6.07) is -1.06. The summed E-state index contributed by atoms with van der Waals surface area (Å²) in [4.78, 5) is 44.0. The number of aliphatic carboxylic acids is 1. The fourth-order valence-corrected chi connectivity index (χ4v) is 4.98. The number of rotatable bonds is 20. The molecule has 1 unspecified atom stereocenters. The van der Waals surface area contributed by atoms with Crippen LogP contribution in [0.5, 0.6) is 0 Å². The molecule has 2 fully saturated rings. The maximum Gasteiger partial charge on any atom is 0.328 e. The number of hydrogen-bond acceptors (Lipinski definition) is 5. The van der Waals surface area contributed by atoms with Gasteiger partial charge in [-0.05, 0) is 31.6 Å². The number of hydrogen-bond donors (Lipinski definition) is 3. The molecule has 3 N–H and O–H groups in total. The smallest absolute Gasteiger partial charge is 0.328 e. The molecule has 0 saturated carbocycles. The number of carboxylic acid groups (broad SMARTS) is 1. The van der Waals surface area contributed by atoms with Crippen LogP contribution in [0.25, 0.3) is 0 Å². The number of nitrogens with one attached hydrogen (secondary N) is 2. The summed E-state index contributed by atoms with van der Waals surface area (Å²) in [5.74, 6) is -0.903. The zero-order valence-electron chi connectivity index (χ0n) is 24.1. The van der Waals surface area contributed by atoms with Gasteiger partial charge in [-0.2, -0.15) is 0 Å². The Bertz CT molecular complexity index is 684. The first kappa shape index (κ1) is 33.9. The molecule has 2 heterocycles. The van der Waals surface area contributed by atoms with Crippen LogP contribution in [-0.4, -0.2) is 47.6 Å². The highest BCUT2D eigenvalue weighted by Crippen LogP contribution is 2.21. The number of carbonyl (C=O) groups excluding carboxylic acids is 3. The van der Waals surface area contributed by atoms with Gasteiger partial charge in [-0.25, -0.2) is 9.59 Å². The molecule has 2 saturated heterocycles. The van der Waals surface area contributed by atoms with E-state index < -0.39 is 18.1 Å². The lowest BCUT2D eigenvalue weighted by Gasteiger charge is -2.18. The molecule has 3 atom stereocenters. The third kappa shape index (κ3) is 16.7. The summed E-state index contributed by atoms with van der Waals surface area (Å²) < 4.78 is 5.60. The van der Waals surface area contributed by atoms with Crippen molar-refractivity contribution < 1.29 is 29.0 Å². The number of carboxylic acids is 1. The maximum atomic E-state index is 12.2. The van der Waals surface area contributed by atoms with Crippen LogP contribution in [0, 0.1) is 5.92 Å². The highest BCUT2D eigenvalue weighted by atomic mass is 16.5.